The van der Waals surface area contributed by atoms with Crippen LogP contribution in [-0.4, -0.2) is 29.1 Å². The highest BCUT2D eigenvalue weighted by molar-refractivity contribution is 5.70. The van der Waals surface area contributed by atoms with Crippen molar-refractivity contribution in [3.8, 4) is 6.07 Å². The maximum Gasteiger partial charge on any atom is 0.306 e. The number of nitrogens with zero attached hydrogens (tertiary/aromatic N) is 3. The first-order chi connectivity index (χ1) is 9.32. The summed E-state index contributed by atoms with van der Waals surface area (Å²) in [5.41, 5.74) is 0.0205. The Morgan fingerprint density at radius 1 is 1.45 bits per heavy atom. The molecular weight excluding hydrogens is 258 g/mol. The number of hydrogen-bond acceptors (Lipinski definition) is 5. The topological polar surface area (TPSA) is 90.4 Å². The average molecular weight is 277 g/mol. The molecule has 0 amide bonds. The lowest BCUT2D eigenvalue weighted by molar-refractivity contribution is -0.142. The van der Waals surface area contributed by atoms with E-state index in [0.717, 1.165) is 0 Å². The van der Waals surface area contributed by atoms with E-state index in [1.807, 2.05) is 25.7 Å². The van der Waals surface area contributed by atoms with E-state index in [4.69, 9.17) is 9.52 Å². The Balaban J connectivity index is 2.20. The summed E-state index contributed by atoms with van der Waals surface area (Å²) in [6.07, 6.45) is 1.12. The Bertz CT molecular complexity index is 543. The van der Waals surface area contributed by atoms with Gasteiger partial charge in [-0.05, 0) is 12.8 Å². The fraction of sp³-hybridized carbons (Fsp3) is 0.643. The van der Waals surface area contributed by atoms with Crippen molar-refractivity contribution in [1.82, 2.24) is 4.98 Å². The maximum atomic E-state index is 10.9. The molecule has 1 aliphatic rings. The van der Waals surface area contributed by atoms with Crippen molar-refractivity contribution < 1.29 is 14.3 Å². The highest BCUT2D eigenvalue weighted by atomic mass is 16.4. The van der Waals surface area contributed by atoms with Crippen LogP contribution in [0.3, 0.4) is 0 Å². The van der Waals surface area contributed by atoms with Crippen LogP contribution in [0, 0.1) is 17.2 Å². The summed E-state index contributed by atoms with van der Waals surface area (Å²) in [5.74, 6) is -0.0504. The molecule has 108 valence electrons. The van der Waals surface area contributed by atoms with Gasteiger partial charge in [-0.2, -0.15) is 10.2 Å². The average Bonchev–Trinajstić information content (AvgIpc) is 2.82. The van der Waals surface area contributed by atoms with Gasteiger partial charge >= 0.3 is 5.97 Å². The number of aliphatic carboxylic acids is 1. The van der Waals surface area contributed by atoms with Crippen LogP contribution in [0.1, 0.15) is 45.2 Å². The highest BCUT2D eigenvalue weighted by Crippen LogP contribution is 2.31. The standard InChI is InChI=1S/C14H19N3O3/c1-14(2,3)13-16-10(8-15)11(20-13)17-6-4-9(5-7-17)12(18)19/h9H,4-7H2,1-3H3,(H,18,19). The molecule has 2 rings (SSSR count). The van der Waals surface area contributed by atoms with Gasteiger partial charge in [-0.1, -0.05) is 20.8 Å². The summed E-state index contributed by atoms with van der Waals surface area (Å²) in [4.78, 5) is 17.1. The van der Waals surface area contributed by atoms with Crippen LogP contribution in [0.15, 0.2) is 4.42 Å². The molecule has 0 aliphatic carbocycles. The minimum absolute atomic E-state index is 0.261. The Labute approximate surface area is 118 Å². The molecule has 1 N–H and O–H groups in total. The Kier molecular flexibility index (Phi) is 3.71. The van der Waals surface area contributed by atoms with Gasteiger partial charge in [-0.15, -0.1) is 0 Å². The monoisotopic (exact) mass is 277 g/mol. The van der Waals surface area contributed by atoms with E-state index in [2.05, 4.69) is 11.1 Å². The van der Waals surface area contributed by atoms with E-state index in [0.29, 0.717) is 37.7 Å². The first-order valence-corrected chi connectivity index (χ1v) is 6.72. The molecule has 0 saturated carbocycles. The lowest BCUT2D eigenvalue weighted by atomic mass is 9.97. The van der Waals surface area contributed by atoms with Gasteiger partial charge in [0.05, 0.1) is 5.92 Å². The zero-order valence-electron chi connectivity index (χ0n) is 12.0. The fourth-order valence-electron chi connectivity index (χ4n) is 2.25. The molecule has 2 heterocycles. The molecule has 0 radical (unpaired) electrons. The number of hydrogen-bond donors (Lipinski definition) is 1. The molecular formula is C14H19N3O3. The van der Waals surface area contributed by atoms with Crippen LogP contribution in [0.4, 0.5) is 5.88 Å². The molecule has 1 aliphatic heterocycles. The Hall–Kier alpha value is -2.03. The second-order valence-electron chi connectivity index (χ2n) is 6.13. The molecule has 1 aromatic rings. The van der Waals surface area contributed by atoms with Gasteiger partial charge in [0.1, 0.15) is 6.07 Å². The normalized spacial score (nSPS) is 17.0. The van der Waals surface area contributed by atoms with Gasteiger partial charge in [-0.25, -0.2) is 0 Å². The van der Waals surface area contributed by atoms with Crippen molar-refractivity contribution in [3.05, 3.63) is 11.6 Å². The summed E-state index contributed by atoms with van der Waals surface area (Å²) in [5, 5.41) is 18.2. The minimum Gasteiger partial charge on any atom is -0.481 e. The second kappa shape index (κ2) is 5.16. The van der Waals surface area contributed by atoms with E-state index in [-0.39, 0.29) is 17.0 Å². The summed E-state index contributed by atoms with van der Waals surface area (Å²) in [7, 11) is 0. The van der Waals surface area contributed by atoms with Gasteiger partial charge in [0.15, 0.2) is 0 Å². The van der Waals surface area contributed by atoms with Crippen LogP contribution in [0.2, 0.25) is 0 Å². The van der Waals surface area contributed by atoms with Crippen molar-refractivity contribution in [3.63, 3.8) is 0 Å². The number of carboxylic acid groups (broad SMARTS) is 1. The molecule has 0 aromatic carbocycles. The largest absolute Gasteiger partial charge is 0.481 e. The Morgan fingerprint density at radius 3 is 2.50 bits per heavy atom. The quantitative estimate of drug-likeness (QED) is 0.890. The number of piperidine rings is 1. The lowest BCUT2D eigenvalue weighted by Crippen LogP contribution is -2.36. The van der Waals surface area contributed by atoms with Crippen LogP contribution in [0.5, 0.6) is 0 Å². The van der Waals surface area contributed by atoms with Gasteiger partial charge < -0.3 is 14.4 Å². The highest BCUT2D eigenvalue weighted by Gasteiger charge is 2.30. The van der Waals surface area contributed by atoms with Gasteiger partial charge in [-0.3, -0.25) is 4.79 Å². The van der Waals surface area contributed by atoms with Crippen molar-refractivity contribution in [2.75, 3.05) is 18.0 Å². The summed E-state index contributed by atoms with van der Waals surface area (Å²) < 4.78 is 5.75. The molecule has 6 heteroatoms. The third kappa shape index (κ3) is 2.77. The number of nitriles is 1. The van der Waals surface area contributed by atoms with Crippen LogP contribution in [-0.2, 0) is 10.2 Å². The molecule has 0 spiro atoms. The third-order valence-electron chi connectivity index (χ3n) is 3.49. The number of oxazole rings is 1. The summed E-state index contributed by atoms with van der Waals surface area (Å²) >= 11 is 0. The van der Waals surface area contributed by atoms with Gasteiger partial charge in [0.25, 0.3) is 0 Å². The number of carbonyl (C=O) groups is 1. The van der Waals surface area contributed by atoms with E-state index < -0.39 is 5.97 Å². The molecule has 0 bridgehead atoms. The molecule has 1 saturated heterocycles. The number of rotatable bonds is 2. The minimum atomic E-state index is -0.752. The lowest BCUT2D eigenvalue weighted by Gasteiger charge is -2.29. The molecule has 1 aromatic heterocycles. The molecule has 20 heavy (non-hydrogen) atoms. The molecule has 0 unspecified atom stereocenters. The maximum absolute atomic E-state index is 10.9. The predicted molar refractivity (Wildman–Crippen MR) is 72.5 cm³/mol. The van der Waals surface area contributed by atoms with Crippen LogP contribution >= 0.6 is 0 Å². The van der Waals surface area contributed by atoms with Gasteiger partial charge in [0, 0.05) is 18.5 Å². The first-order valence-electron chi connectivity index (χ1n) is 6.72. The van der Waals surface area contributed by atoms with Crippen molar-refractivity contribution in [2.24, 2.45) is 5.92 Å². The van der Waals surface area contributed by atoms with E-state index in [1.165, 1.54) is 0 Å². The zero-order chi connectivity index (χ0) is 14.9. The smallest absolute Gasteiger partial charge is 0.306 e. The molecule has 1 fully saturated rings. The summed E-state index contributed by atoms with van der Waals surface area (Å²) in [6.45, 7) is 7.07. The van der Waals surface area contributed by atoms with E-state index >= 15 is 0 Å². The Morgan fingerprint density at radius 2 is 2.05 bits per heavy atom. The van der Waals surface area contributed by atoms with Crippen molar-refractivity contribution >= 4 is 11.9 Å². The first kappa shape index (κ1) is 14.4. The van der Waals surface area contributed by atoms with Crippen molar-refractivity contribution in [1.29, 1.82) is 5.26 Å². The fourth-order valence-corrected chi connectivity index (χ4v) is 2.25. The SMILES string of the molecule is CC(C)(C)c1nc(C#N)c(N2CCC(C(=O)O)CC2)o1. The number of carboxylic acids is 1. The zero-order valence-corrected chi connectivity index (χ0v) is 12.0. The molecule has 0 atom stereocenters. The number of anilines is 1. The van der Waals surface area contributed by atoms with E-state index in [9.17, 15) is 10.1 Å². The van der Waals surface area contributed by atoms with Crippen LogP contribution in [0.25, 0.3) is 0 Å². The van der Waals surface area contributed by atoms with Gasteiger partial charge in [0.2, 0.25) is 17.5 Å². The molecule has 6 nitrogen and oxygen atoms in total. The third-order valence-corrected chi connectivity index (χ3v) is 3.49. The predicted octanol–water partition coefficient (Wildman–Crippen LogP) is 2.14. The van der Waals surface area contributed by atoms with E-state index in [1.54, 1.807) is 0 Å². The summed E-state index contributed by atoms with van der Waals surface area (Å²) in [6, 6.07) is 2.06. The van der Waals surface area contributed by atoms with Crippen LogP contribution < -0.4 is 4.90 Å². The second-order valence-corrected chi connectivity index (χ2v) is 6.13. The number of aromatic nitrogens is 1. The van der Waals surface area contributed by atoms with Crippen molar-refractivity contribution in [2.45, 2.75) is 39.0 Å².